The van der Waals surface area contributed by atoms with Crippen molar-refractivity contribution in [1.29, 1.82) is 0 Å². The van der Waals surface area contributed by atoms with Gasteiger partial charge in [-0.25, -0.2) is 4.98 Å². The van der Waals surface area contributed by atoms with E-state index in [-0.39, 0.29) is 17.6 Å². The smallest absolute Gasteiger partial charge is 0.274 e. The fourth-order valence-electron chi connectivity index (χ4n) is 3.71. The van der Waals surface area contributed by atoms with Crippen LogP contribution in [0, 0.1) is 0 Å². The predicted octanol–water partition coefficient (Wildman–Crippen LogP) is 2.97. The van der Waals surface area contributed by atoms with Crippen LogP contribution in [0.15, 0.2) is 42.9 Å². The van der Waals surface area contributed by atoms with Gasteiger partial charge >= 0.3 is 0 Å². The zero-order chi connectivity index (χ0) is 18.0. The number of hydrogen-bond donors (Lipinski definition) is 0. The van der Waals surface area contributed by atoms with Gasteiger partial charge in [0.15, 0.2) is 0 Å². The first-order valence-corrected chi connectivity index (χ1v) is 9.13. The Morgan fingerprint density at radius 2 is 2.15 bits per heavy atom. The van der Waals surface area contributed by atoms with Gasteiger partial charge in [-0.05, 0) is 37.1 Å². The Kier molecular flexibility index (Phi) is 4.78. The molecule has 4 rings (SSSR count). The summed E-state index contributed by atoms with van der Waals surface area (Å²) in [6.07, 6.45) is 7.17. The van der Waals surface area contributed by atoms with Crippen LogP contribution in [0.3, 0.4) is 0 Å². The van der Waals surface area contributed by atoms with E-state index in [4.69, 9.17) is 21.1 Å². The number of carbonyl (C=O) groups is 1. The highest BCUT2D eigenvalue weighted by Crippen LogP contribution is 2.36. The van der Waals surface area contributed by atoms with Gasteiger partial charge in [-0.1, -0.05) is 11.6 Å². The zero-order valence-electron chi connectivity index (χ0n) is 14.3. The molecule has 2 saturated heterocycles. The highest BCUT2D eigenvalue weighted by molar-refractivity contribution is 6.30. The number of benzene rings is 1. The Morgan fingerprint density at radius 3 is 2.92 bits per heavy atom. The SMILES string of the molecule is O=C(c1cnccn1)N1CCC[C@@]2(C[C@@H](Oc3ccc(Cl)cc3)CO2)C1. The molecular weight excluding hydrogens is 354 g/mol. The molecule has 0 unspecified atom stereocenters. The molecule has 6 nitrogen and oxygen atoms in total. The van der Waals surface area contributed by atoms with Crippen LogP contribution in [-0.4, -0.2) is 52.2 Å². The second-order valence-electron chi connectivity index (χ2n) is 6.81. The molecule has 1 spiro atoms. The molecule has 7 heteroatoms. The third kappa shape index (κ3) is 3.66. The number of carbonyl (C=O) groups excluding carboxylic acids is 1. The first-order valence-electron chi connectivity index (χ1n) is 8.75. The van der Waals surface area contributed by atoms with Crippen molar-refractivity contribution >= 4 is 17.5 Å². The molecule has 136 valence electrons. The average Bonchev–Trinajstić information content (AvgIpc) is 3.05. The van der Waals surface area contributed by atoms with Gasteiger partial charge in [0.1, 0.15) is 17.5 Å². The zero-order valence-corrected chi connectivity index (χ0v) is 15.1. The molecule has 3 heterocycles. The second-order valence-corrected chi connectivity index (χ2v) is 7.25. The summed E-state index contributed by atoms with van der Waals surface area (Å²) in [5.41, 5.74) is 0.0317. The van der Waals surface area contributed by atoms with Crippen LogP contribution in [-0.2, 0) is 4.74 Å². The minimum Gasteiger partial charge on any atom is -0.488 e. The summed E-state index contributed by atoms with van der Waals surface area (Å²) in [4.78, 5) is 22.6. The van der Waals surface area contributed by atoms with Crippen LogP contribution in [0.2, 0.25) is 5.02 Å². The molecule has 0 bridgehead atoms. The lowest BCUT2D eigenvalue weighted by Gasteiger charge is -2.39. The van der Waals surface area contributed by atoms with Crippen LogP contribution < -0.4 is 4.74 Å². The summed E-state index contributed by atoms with van der Waals surface area (Å²) in [6, 6.07) is 7.34. The van der Waals surface area contributed by atoms with Crippen LogP contribution >= 0.6 is 11.6 Å². The molecule has 2 aromatic rings. The number of nitrogens with zero attached hydrogens (tertiary/aromatic N) is 3. The Hall–Kier alpha value is -2.18. The Bertz CT molecular complexity index is 771. The highest BCUT2D eigenvalue weighted by Gasteiger charge is 2.45. The molecule has 2 aliphatic heterocycles. The molecule has 1 aromatic carbocycles. The number of hydrogen-bond acceptors (Lipinski definition) is 5. The molecular formula is C19H20ClN3O3. The number of ether oxygens (including phenoxy) is 2. The number of rotatable bonds is 3. The van der Waals surface area contributed by atoms with Crippen molar-refractivity contribution in [3.8, 4) is 5.75 Å². The fraction of sp³-hybridized carbons (Fsp3) is 0.421. The van der Waals surface area contributed by atoms with Gasteiger partial charge in [-0.2, -0.15) is 0 Å². The summed E-state index contributed by atoms with van der Waals surface area (Å²) in [5, 5.41) is 0.682. The molecule has 0 N–H and O–H groups in total. The van der Waals surface area contributed by atoms with Crippen molar-refractivity contribution in [2.45, 2.75) is 31.0 Å². The highest BCUT2D eigenvalue weighted by atomic mass is 35.5. The first-order chi connectivity index (χ1) is 12.6. The molecule has 2 fully saturated rings. The standard InChI is InChI=1S/C19H20ClN3O3/c20-14-2-4-15(5-3-14)26-16-10-19(25-12-16)6-1-9-23(13-19)18(24)17-11-21-7-8-22-17/h2-5,7-8,11,16H,1,6,9-10,12-13H2/t16-,19-/m1/s1. The topological polar surface area (TPSA) is 64.6 Å². The second kappa shape index (κ2) is 7.21. The third-order valence-electron chi connectivity index (χ3n) is 4.90. The lowest BCUT2D eigenvalue weighted by molar-refractivity contribution is -0.0454. The molecule has 26 heavy (non-hydrogen) atoms. The molecule has 2 aliphatic rings. The summed E-state index contributed by atoms with van der Waals surface area (Å²) < 4.78 is 12.2. The molecule has 0 radical (unpaired) electrons. The Balaban J connectivity index is 1.41. The van der Waals surface area contributed by atoms with E-state index in [9.17, 15) is 4.79 Å². The maximum Gasteiger partial charge on any atom is 0.274 e. The molecule has 1 aromatic heterocycles. The van der Waals surface area contributed by atoms with Crippen molar-refractivity contribution in [2.24, 2.45) is 0 Å². The van der Waals surface area contributed by atoms with E-state index < -0.39 is 0 Å². The van der Waals surface area contributed by atoms with Crippen molar-refractivity contribution in [3.63, 3.8) is 0 Å². The van der Waals surface area contributed by atoms with Crippen molar-refractivity contribution < 1.29 is 14.3 Å². The van der Waals surface area contributed by atoms with E-state index in [0.29, 0.717) is 30.4 Å². The normalized spacial score (nSPS) is 25.4. The Morgan fingerprint density at radius 1 is 1.31 bits per heavy atom. The van der Waals surface area contributed by atoms with Crippen molar-refractivity contribution in [1.82, 2.24) is 14.9 Å². The van der Waals surface area contributed by atoms with Gasteiger partial charge in [0, 0.05) is 30.4 Å². The van der Waals surface area contributed by atoms with E-state index >= 15 is 0 Å². The number of likely N-dealkylation sites (tertiary alicyclic amines) is 1. The van der Waals surface area contributed by atoms with Crippen LogP contribution in [0.25, 0.3) is 0 Å². The van der Waals surface area contributed by atoms with Gasteiger partial charge in [0.2, 0.25) is 0 Å². The third-order valence-corrected chi connectivity index (χ3v) is 5.15. The summed E-state index contributed by atoms with van der Waals surface area (Å²) in [7, 11) is 0. The quantitative estimate of drug-likeness (QED) is 0.827. The largest absolute Gasteiger partial charge is 0.488 e. The van der Waals surface area contributed by atoms with E-state index in [1.807, 2.05) is 29.2 Å². The van der Waals surface area contributed by atoms with Gasteiger partial charge < -0.3 is 14.4 Å². The van der Waals surface area contributed by atoms with E-state index in [0.717, 1.165) is 25.0 Å². The van der Waals surface area contributed by atoms with Gasteiger partial charge in [0.25, 0.3) is 5.91 Å². The van der Waals surface area contributed by atoms with Crippen molar-refractivity contribution in [3.05, 3.63) is 53.6 Å². The number of aromatic nitrogens is 2. The maximum atomic E-state index is 12.7. The lowest BCUT2D eigenvalue weighted by Crippen LogP contribution is -2.50. The molecule has 0 saturated carbocycles. The molecule has 1 amide bonds. The van der Waals surface area contributed by atoms with Crippen molar-refractivity contribution in [2.75, 3.05) is 19.7 Å². The van der Waals surface area contributed by atoms with E-state index in [2.05, 4.69) is 9.97 Å². The lowest BCUT2D eigenvalue weighted by atomic mass is 9.89. The van der Waals surface area contributed by atoms with E-state index in [1.165, 1.54) is 12.4 Å². The maximum absolute atomic E-state index is 12.7. The summed E-state index contributed by atoms with van der Waals surface area (Å²) in [6.45, 7) is 1.79. The minimum atomic E-state index is -0.340. The number of piperidine rings is 1. The first kappa shape index (κ1) is 17.2. The van der Waals surface area contributed by atoms with Crippen LogP contribution in [0.1, 0.15) is 29.8 Å². The molecule has 0 aliphatic carbocycles. The van der Waals surface area contributed by atoms with Crippen LogP contribution in [0.5, 0.6) is 5.75 Å². The number of amides is 1. The average molecular weight is 374 g/mol. The summed E-state index contributed by atoms with van der Waals surface area (Å²) in [5.74, 6) is 0.686. The molecule has 2 atom stereocenters. The van der Waals surface area contributed by atoms with Crippen LogP contribution in [0.4, 0.5) is 0 Å². The summed E-state index contributed by atoms with van der Waals surface area (Å²) >= 11 is 5.91. The van der Waals surface area contributed by atoms with Gasteiger partial charge in [-0.15, -0.1) is 0 Å². The van der Waals surface area contributed by atoms with Gasteiger partial charge in [-0.3, -0.25) is 9.78 Å². The predicted molar refractivity (Wildman–Crippen MR) is 96.3 cm³/mol. The van der Waals surface area contributed by atoms with E-state index in [1.54, 1.807) is 6.20 Å². The fourth-order valence-corrected chi connectivity index (χ4v) is 3.84. The minimum absolute atomic E-state index is 0.0252. The Labute approximate surface area is 157 Å². The monoisotopic (exact) mass is 373 g/mol. The number of halogens is 1. The van der Waals surface area contributed by atoms with Gasteiger partial charge in [0.05, 0.1) is 24.9 Å².